The molecule has 2 rings (SSSR count). The zero-order valence-corrected chi connectivity index (χ0v) is 13.1. The van der Waals surface area contributed by atoms with Gasteiger partial charge in [0.15, 0.2) is 0 Å². The van der Waals surface area contributed by atoms with Crippen molar-refractivity contribution in [3.05, 3.63) is 52.2 Å². The molecule has 0 aliphatic heterocycles. The van der Waals surface area contributed by atoms with E-state index < -0.39 is 0 Å². The summed E-state index contributed by atoms with van der Waals surface area (Å²) in [7, 11) is 0. The number of hydrogen-bond donors (Lipinski definition) is 2. The predicted octanol–water partition coefficient (Wildman–Crippen LogP) is 2.45. The second kappa shape index (κ2) is 7.72. The van der Waals surface area contributed by atoms with Crippen LogP contribution in [0.3, 0.4) is 0 Å². The summed E-state index contributed by atoms with van der Waals surface area (Å²) in [5, 5.41) is 13.6. The lowest BCUT2D eigenvalue weighted by molar-refractivity contribution is 0.0732. The summed E-state index contributed by atoms with van der Waals surface area (Å²) in [4.78, 5) is 26.4. The number of carbonyl (C=O) groups excluding carboxylic acids is 2. The number of aliphatic hydroxyl groups excluding tert-OH is 1. The first-order valence-electron chi connectivity index (χ1n) is 7.00. The molecule has 2 amide bonds. The third kappa shape index (κ3) is 3.93. The standard InChI is InChI=1S/C16H18N2O3S/c1-2-18(9-10-19)16(21)12-5-7-13(8-6-12)17-15(20)14-4-3-11-22-14/h3-8,11,19H,2,9-10H2,1H3,(H,17,20). The highest BCUT2D eigenvalue weighted by molar-refractivity contribution is 7.12. The number of rotatable bonds is 6. The van der Waals surface area contributed by atoms with Gasteiger partial charge < -0.3 is 15.3 Å². The van der Waals surface area contributed by atoms with Crippen molar-refractivity contribution in [3.8, 4) is 0 Å². The number of anilines is 1. The minimum Gasteiger partial charge on any atom is -0.395 e. The molecule has 0 atom stereocenters. The van der Waals surface area contributed by atoms with Crippen molar-refractivity contribution >= 4 is 28.8 Å². The predicted molar refractivity (Wildman–Crippen MR) is 87.4 cm³/mol. The first kappa shape index (κ1) is 16.2. The van der Waals surface area contributed by atoms with E-state index in [-0.39, 0.29) is 18.4 Å². The smallest absolute Gasteiger partial charge is 0.265 e. The fourth-order valence-electron chi connectivity index (χ4n) is 2.00. The Hall–Kier alpha value is -2.18. The van der Waals surface area contributed by atoms with Crippen molar-refractivity contribution in [1.29, 1.82) is 0 Å². The molecule has 0 fully saturated rings. The van der Waals surface area contributed by atoms with E-state index in [1.54, 1.807) is 35.2 Å². The van der Waals surface area contributed by atoms with Gasteiger partial charge in [0.1, 0.15) is 0 Å². The molecule has 0 aliphatic carbocycles. The zero-order valence-electron chi connectivity index (χ0n) is 12.3. The van der Waals surface area contributed by atoms with Crippen LogP contribution >= 0.6 is 11.3 Å². The van der Waals surface area contributed by atoms with Gasteiger partial charge in [-0.05, 0) is 42.6 Å². The molecule has 1 aromatic heterocycles. The Morgan fingerprint density at radius 1 is 1.23 bits per heavy atom. The molecule has 0 bridgehead atoms. The highest BCUT2D eigenvalue weighted by Crippen LogP contribution is 2.15. The van der Waals surface area contributed by atoms with Gasteiger partial charge in [0, 0.05) is 24.3 Å². The lowest BCUT2D eigenvalue weighted by atomic mass is 10.1. The Balaban J connectivity index is 2.04. The molecule has 22 heavy (non-hydrogen) atoms. The van der Waals surface area contributed by atoms with Gasteiger partial charge >= 0.3 is 0 Å². The van der Waals surface area contributed by atoms with Crippen LogP contribution in [0.1, 0.15) is 27.0 Å². The number of hydrogen-bond acceptors (Lipinski definition) is 4. The van der Waals surface area contributed by atoms with Crippen LogP contribution in [0.25, 0.3) is 0 Å². The maximum atomic E-state index is 12.2. The van der Waals surface area contributed by atoms with E-state index in [1.807, 2.05) is 18.4 Å². The summed E-state index contributed by atoms with van der Waals surface area (Å²) in [5.74, 6) is -0.294. The van der Waals surface area contributed by atoms with E-state index in [1.165, 1.54) is 11.3 Å². The van der Waals surface area contributed by atoms with Gasteiger partial charge in [0.05, 0.1) is 11.5 Å². The number of nitrogens with zero attached hydrogens (tertiary/aromatic N) is 1. The molecule has 6 heteroatoms. The number of aliphatic hydroxyl groups is 1. The SMILES string of the molecule is CCN(CCO)C(=O)c1ccc(NC(=O)c2cccs2)cc1. The molecule has 2 aromatic rings. The molecule has 116 valence electrons. The van der Waals surface area contributed by atoms with Crippen molar-refractivity contribution < 1.29 is 14.7 Å². The fraction of sp³-hybridized carbons (Fsp3) is 0.250. The summed E-state index contributed by atoms with van der Waals surface area (Å²) >= 11 is 1.37. The van der Waals surface area contributed by atoms with Gasteiger partial charge in [0.2, 0.25) is 0 Å². The summed E-state index contributed by atoms with van der Waals surface area (Å²) in [6.07, 6.45) is 0. The molecule has 0 saturated carbocycles. The Bertz CT molecular complexity index is 623. The minimum absolute atomic E-state index is 0.0610. The summed E-state index contributed by atoms with van der Waals surface area (Å²) < 4.78 is 0. The quantitative estimate of drug-likeness (QED) is 0.859. The third-order valence-corrected chi connectivity index (χ3v) is 4.04. The summed E-state index contributed by atoms with van der Waals surface area (Å²) in [6, 6.07) is 10.3. The Morgan fingerprint density at radius 3 is 2.50 bits per heavy atom. The van der Waals surface area contributed by atoms with E-state index in [0.717, 1.165) is 0 Å². The van der Waals surface area contributed by atoms with Crippen molar-refractivity contribution in [2.75, 3.05) is 25.0 Å². The molecule has 5 nitrogen and oxygen atoms in total. The normalized spacial score (nSPS) is 10.3. The zero-order chi connectivity index (χ0) is 15.9. The van der Waals surface area contributed by atoms with Crippen molar-refractivity contribution in [1.82, 2.24) is 4.90 Å². The van der Waals surface area contributed by atoms with Crippen LogP contribution in [0.15, 0.2) is 41.8 Å². The number of thiophene rings is 1. The lowest BCUT2D eigenvalue weighted by Gasteiger charge is -2.19. The topological polar surface area (TPSA) is 69.6 Å². The van der Waals surface area contributed by atoms with Gasteiger partial charge in [-0.2, -0.15) is 0 Å². The van der Waals surface area contributed by atoms with Gasteiger partial charge in [0.25, 0.3) is 11.8 Å². The number of carbonyl (C=O) groups is 2. The average molecular weight is 318 g/mol. The lowest BCUT2D eigenvalue weighted by Crippen LogP contribution is -2.33. The largest absolute Gasteiger partial charge is 0.395 e. The van der Waals surface area contributed by atoms with Gasteiger partial charge in [-0.25, -0.2) is 0 Å². The van der Waals surface area contributed by atoms with Gasteiger partial charge in [-0.1, -0.05) is 6.07 Å². The molecule has 0 spiro atoms. The highest BCUT2D eigenvalue weighted by atomic mass is 32.1. The molecule has 1 heterocycles. The van der Waals surface area contributed by atoms with Crippen LogP contribution in [0.2, 0.25) is 0 Å². The molecular weight excluding hydrogens is 300 g/mol. The fourth-order valence-corrected chi connectivity index (χ4v) is 2.62. The maximum Gasteiger partial charge on any atom is 0.265 e. The highest BCUT2D eigenvalue weighted by Gasteiger charge is 2.13. The average Bonchev–Trinajstić information content (AvgIpc) is 3.07. The number of benzene rings is 1. The second-order valence-corrected chi connectivity index (χ2v) is 5.56. The summed E-state index contributed by atoms with van der Waals surface area (Å²) in [5.41, 5.74) is 1.17. The van der Waals surface area contributed by atoms with Crippen LogP contribution < -0.4 is 5.32 Å². The summed E-state index contributed by atoms with van der Waals surface area (Å²) in [6.45, 7) is 2.65. The van der Waals surface area contributed by atoms with Crippen molar-refractivity contribution in [2.45, 2.75) is 6.92 Å². The van der Waals surface area contributed by atoms with E-state index in [9.17, 15) is 9.59 Å². The minimum atomic E-state index is -0.162. The van der Waals surface area contributed by atoms with E-state index in [2.05, 4.69) is 5.32 Å². The van der Waals surface area contributed by atoms with Crippen molar-refractivity contribution in [3.63, 3.8) is 0 Å². The molecular formula is C16H18N2O3S. The van der Waals surface area contributed by atoms with Crippen LogP contribution in [0, 0.1) is 0 Å². The first-order chi connectivity index (χ1) is 10.7. The molecule has 0 aliphatic rings. The van der Waals surface area contributed by atoms with Crippen LogP contribution in [-0.4, -0.2) is 41.5 Å². The molecule has 0 saturated heterocycles. The van der Waals surface area contributed by atoms with Crippen LogP contribution in [0.4, 0.5) is 5.69 Å². The van der Waals surface area contributed by atoms with Crippen molar-refractivity contribution in [2.24, 2.45) is 0 Å². The van der Waals surface area contributed by atoms with E-state index in [4.69, 9.17) is 5.11 Å². The third-order valence-electron chi connectivity index (χ3n) is 3.17. The molecule has 0 unspecified atom stereocenters. The van der Waals surface area contributed by atoms with Gasteiger partial charge in [-0.3, -0.25) is 9.59 Å². The molecule has 0 radical (unpaired) electrons. The maximum absolute atomic E-state index is 12.2. The number of nitrogens with one attached hydrogen (secondary N) is 1. The van der Waals surface area contributed by atoms with Crippen LogP contribution in [0.5, 0.6) is 0 Å². The second-order valence-electron chi connectivity index (χ2n) is 4.62. The Labute approximate surface area is 133 Å². The van der Waals surface area contributed by atoms with E-state index >= 15 is 0 Å². The molecule has 2 N–H and O–H groups in total. The van der Waals surface area contributed by atoms with Gasteiger partial charge in [-0.15, -0.1) is 11.3 Å². The molecule has 1 aromatic carbocycles. The monoisotopic (exact) mass is 318 g/mol. The Morgan fingerprint density at radius 2 is 1.95 bits per heavy atom. The first-order valence-corrected chi connectivity index (χ1v) is 7.88. The number of amides is 2. The Kier molecular flexibility index (Phi) is 5.68. The van der Waals surface area contributed by atoms with Crippen LogP contribution in [-0.2, 0) is 0 Å². The number of likely N-dealkylation sites (N-methyl/N-ethyl adjacent to an activating group) is 1. The van der Waals surface area contributed by atoms with E-state index in [0.29, 0.717) is 29.2 Å².